The van der Waals surface area contributed by atoms with Crippen molar-refractivity contribution in [2.75, 3.05) is 7.11 Å². The van der Waals surface area contributed by atoms with Crippen LogP contribution >= 0.6 is 0 Å². The Morgan fingerprint density at radius 3 is 3.00 bits per heavy atom. The van der Waals surface area contributed by atoms with Crippen LogP contribution in [-0.2, 0) is 6.54 Å². The first kappa shape index (κ1) is 11.3. The number of nitrogens with one attached hydrogen (secondary N) is 1. The molecule has 2 aromatic heterocycles. The Kier molecular flexibility index (Phi) is 3.17. The summed E-state index contributed by atoms with van der Waals surface area (Å²) in [7, 11) is 1.42. The number of nitrogens with zero attached hydrogens (tertiary/aromatic N) is 4. The van der Waals surface area contributed by atoms with Crippen molar-refractivity contribution < 1.29 is 4.74 Å². The molecule has 0 spiro atoms. The summed E-state index contributed by atoms with van der Waals surface area (Å²) in [5.74, 6) is 0.407. The third kappa shape index (κ3) is 2.49. The van der Waals surface area contributed by atoms with Gasteiger partial charge < -0.3 is 4.74 Å². The minimum atomic E-state index is -0.491. The highest BCUT2D eigenvalue weighted by Gasteiger charge is 2.07. The fourth-order valence-electron chi connectivity index (χ4n) is 1.43. The Bertz CT molecular complexity index is 560. The van der Waals surface area contributed by atoms with E-state index in [4.69, 9.17) is 4.74 Å². The molecule has 0 radical (unpaired) electrons. The van der Waals surface area contributed by atoms with Crippen LogP contribution in [0.1, 0.15) is 13.3 Å². The minimum absolute atomic E-state index is 0.0481. The molecule has 7 heteroatoms. The van der Waals surface area contributed by atoms with E-state index in [0.29, 0.717) is 5.82 Å². The molecule has 0 aliphatic heterocycles. The minimum Gasteiger partial charge on any atom is -0.467 e. The highest BCUT2D eigenvalue weighted by molar-refractivity contribution is 5.51. The standard InChI is InChI=1S/C10H13N5O2/c1-3-4-15-6-7(5-11-15)8-12-9(16)14-10(13-8)17-2/h5-6H,3-4H2,1-2H3,(H,12,13,14,16). The zero-order chi connectivity index (χ0) is 12.3. The summed E-state index contributed by atoms with van der Waals surface area (Å²) in [4.78, 5) is 21.4. The van der Waals surface area contributed by atoms with Gasteiger partial charge in [-0.25, -0.2) is 4.79 Å². The molecular weight excluding hydrogens is 222 g/mol. The summed E-state index contributed by atoms with van der Waals surface area (Å²) in [6.45, 7) is 2.89. The SMILES string of the molecule is CCCn1cc(-c2nc(OC)nc(=O)[nH]2)cn1. The third-order valence-electron chi connectivity index (χ3n) is 2.17. The molecule has 2 heterocycles. The van der Waals surface area contributed by atoms with Gasteiger partial charge in [0.25, 0.3) is 0 Å². The van der Waals surface area contributed by atoms with Gasteiger partial charge >= 0.3 is 11.7 Å². The number of rotatable bonds is 4. The molecule has 0 saturated heterocycles. The van der Waals surface area contributed by atoms with Crippen molar-refractivity contribution >= 4 is 0 Å². The fourth-order valence-corrected chi connectivity index (χ4v) is 1.43. The van der Waals surface area contributed by atoms with Gasteiger partial charge in [0.15, 0.2) is 0 Å². The second-order valence-electron chi connectivity index (χ2n) is 3.48. The number of hydrogen-bond donors (Lipinski definition) is 1. The van der Waals surface area contributed by atoms with E-state index < -0.39 is 5.69 Å². The van der Waals surface area contributed by atoms with Crippen LogP contribution in [-0.4, -0.2) is 31.8 Å². The highest BCUT2D eigenvalue weighted by atomic mass is 16.5. The third-order valence-corrected chi connectivity index (χ3v) is 2.17. The van der Waals surface area contributed by atoms with E-state index in [-0.39, 0.29) is 6.01 Å². The lowest BCUT2D eigenvalue weighted by Gasteiger charge is -1.99. The zero-order valence-corrected chi connectivity index (χ0v) is 9.67. The number of methoxy groups -OCH3 is 1. The van der Waals surface area contributed by atoms with Crippen LogP contribution in [0.4, 0.5) is 0 Å². The lowest BCUT2D eigenvalue weighted by molar-refractivity contribution is 0.377. The average Bonchev–Trinajstić information content (AvgIpc) is 2.77. The van der Waals surface area contributed by atoms with Crippen molar-refractivity contribution in [2.24, 2.45) is 0 Å². The lowest BCUT2D eigenvalue weighted by Crippen LogP contribution is -2.14. The smallest absolute Gasteiger partial charge is 0.351 e. The molecule has 0 unspecified atom stereocenters. The van der Waals surface area contributed by atoms with E-state index in [1.807, 2.05) is 6.20 Å². The Hall–Kier alpha value is -2.18. The van der Waals surface area contributed by atoms with Gasteiger partial charge in [-0.05, 0) is 6.42 Å². The van der Waals surface area contributed by atoms with Gasteiger partial charge in [0.2, 0.25) is 0 Å². The summed E-state index contributed by atoms with van der Waals surface area (Å²) in [5.41, 5.74) is 0.242. The van der Waals surface area contributed by atoms with Gasteiger partial charge in [-0.3, -0.25) is 9.67 Å². The second kappa shape index (κ2) is 4.77. The molecule has 0 bridgehead atoms. The van der Waals surface area contributed by atoms with Crippen molar-refractivity contribution in [3.8, 4) is 17.4 Å². The normalized spacial score (nSPS) is 10.5. The van der Waals surface area contributed by atoms with E-state index in [0.717, 1.165) is 18.5 Å². The number of ether oxygens (including phenoxy) is 1. The fraction of sp³-hybridized carbons (Fsp3) is 0.400. The van der Waals surface area contributed by atoms with Gasteiger partial charge in [-0.1, -0.05) is 6.92 Å². The number of aromatic nitrogens is 5. The van der Waals surface area contributed by atoms with Crippen molar-refractivity contribution in [3.63, 3.8) is 0 Å². The molecule has 0 aliphatic carbocycles. The van der Waals surface area contributed by atoms with Crippen molar-refractivity contribution in [3.05, 3.63) is 22.9 Å². The number of aromatic amines is 1. The monoisotopic (exact) mass is 235 g/mol. The highest BCUT2D eigenvalue weighted by Crippen LogP contribution is 2.13. The van der Waals surface area contributed by atoms with Crippen molar-refractivity contribution in [1.82, 2.24) is 24.7 Å². The number of H-pyrrole nitrogens is 1. The van der Waals surface area contributed by atoms with Crippen LogP contribution in [0.25, 0.3) is 11.4 Å². The summed E-state index contributed by atoms with van der Waals surface area (Å²) in [6.07, 6.45) is 4.46. The Labute approximate surface area is 97.5 Å². The first-order chi connectivity index (χ1) is 8.22. The number of aryl methyl sites for hydroxylation is 1. The maximum atomic E-state index is 11.3. The molecule has 0 amide bonds. The van der Waals surface area contributed by atoms with Crippen LogP contribution in [0.2, 0.25) is 0 Å². The molecule has 0 atom stereocenters. The summed E-state index contributed by atoms with van der Waals surface area (Å²) >= 11 is 0. The molecule has 0 aromatic carbocycles. The Morgan fingerprint density at radius 1 is 1.47 bits per heavy atom. The Morgan fingerprint density at radius 2 is 2.29 bits per heavy atom. The van der Waals surface area contributed by atoms with E-state index >= 15 is 0 Å². The van der Waals surface area contributed by atoms with Gasteiger partial charge in [0.1, 0.15) is 5.82 Å². The van der Waals surface area contributed by atoms with E-state index in [2.05, 4.69) is 27.0 Å². The van der Waals surface area contributed by atoms with Crippen LogP contribution in [0.15, 0.2) is 17.2 Å². The lowest BCUT2D eigenvalue weighted by atomic mass is 10.3. The van der Waals surface area contributed by atoms with Crippen molar-refractivity contribution in [2.45, 2.75) is 19.9 Å². The molecule has 17 heavy (non-hydrogen) atoms. The predicted molar refractivity (Wildman–Crippen MR) is 60.7 cm³/mol. The molecule has 0 fully saturated rings. The Balaban J connectivity index is 2.37. The van der Waals surface area contributed by atoms with E-state index in [1.54, 1.807) is 10.9 Å². The summed E-state index contributed by atoms with van der Waals surface area (Å²) in [5, 5.41) is 4.16. The van der Waals surface area contributed by atoms with Gasteiger partial charge in [-0.2, -0.15) is 10.1 Å². The molecule has 2 rings (SSSR count). The van der Waals surface area contributed by atoms with E-state index in [1.165, 1.54) is 7.11 Å². The molecule has 0 saturated carbocycles. The second-order valence-corrected chi connectivity index (χ2v) is 3.48. The van der Waals surface area contributed by atoms with Crippen LogP contribution in [0, 0.1) is 0 Å². The van der Waals surface area contributed by atoms with Crippen LogP contribution in [0.3, 0.4) is 0 Å². The van der Waals surface area contributed by atoms with Gasteiger partial charge in [0.05, 0.1) is 18.9 Å². The maximum Gasteiger partial charge on any atom is 0.351 e. The molecular formula is C10H13N5O2. The average molecular weight is 235 g/mol. The molecule has 90 valence electrons. The van der Waals surface area contributed by atoms with Gasteiger partial charge in [-0.15, -0.1) is 4.98 Å². The molecule has 0 aliphatic rings. The zero-order valence-electron chi connectivity index (χ0n) is 9.67. The number of hydrogen-bond acceptors (Lipinski definition) is 5. The summed E-state index contributed by atoms with van der Waals surface area (Å²) in [6, 6.07) is 0.0481. The first-order valence-corrected chi connectivity index (χ1v) is 5.28. The maximum absolute atomic E-state index is 11.3. The van der Waals surface area contributed by atoms with Gasteiger partial charge in [0, 0.05) is 12.7 Å². The molecule has 2 aromatic rings. The summed E-state index contributed by atoms with van der Waals surface area (Å²) < 4.78 is 6.64. The first-order valence-electron chi connectivity index (χ1n) is 5.28. The van der Waals surface area contributed by atoms with Crippen LogP contribution < -0.4 is 10.4 Å². The largest absolute Gasteiger partial charge is 0.467 e. The molecule has 1 N–H and O–H groups in total. The van der Waals surface area contributed by atoms with Crippen molar-refractivity contribution in [1.29, 1.82) is 0 Å². The topological polar surface area (TPSA) is 85.7 Å². The molecule has 7 nitrogen and oxygen atoms in total. The van der Waals surface area contributed by atoms with E-state index in [9.17, 15) is 4.79 Å². The van der Waals surface area contributed by atoms with Crippen LogP contribution in [0.5, 0.6) is 6.01 Å². The predicted octanol–water partition coefficient (Wildman–Crippen LogP) is 0.447. The quantitative estimate of drug-likeness (QED) is 0.831.